The van der Waals surface area contributed by atoms with Crippen LogP contribution in [0.5, 0.6) is 0 Å². The second-order valence-corrected chi connectivity index (χ2v) is 2.73. The van der Waals surface area contributed by atoms with Gasteiger partial charge in [0.25, 0.3) is 0 Å². The Kier molecular flexibility index (Phi) is 2.50. The second kappa shape index (κ2) is 3.40. The number of hydrogen-bond acceptors (Lipinski definition) is 2. The van der Waals surface area contributed by atoms with Crippen LogP contribution in [0.2, 0.25) is 0 Å². The number of nitrogen functional groups attached to an aromatic ring is 1. The highest BCUT2D eigenvalue weighted by Gasteiger charge is 1.97. The fourth-order valence-corrected chi connectivity index (χ4v) is 1.13. The average molecular weight is 211 g/mol. The fourth-order valence-electron chi connectivity index (χ4n) is 0.783. The minimum Gasteiger partial charge on any atom is -0.398 e. The first-order valence-electron chi connectivity index (χ1n) is 3.12. The Labute approximate surface area is 73.8 Å². The van der Waals surface area contributed by atoms with E-state index in [4.69, 9.17) is 11.0 Å². The highest BCUT2D eigenvalue weighted by Crippen LogP contribution is 2.14. The lowest BCUT2D eigenvalue weighted by Crippen LogP contribution is -1.90. The molecule has 0 bridgehead atoms. The van der Waals surface area contributed by atoms with Crippen molar-refractivity contribution in [1.29, 1.82) is 5.26 Å². The van der Waals surface area contributed by atoms with E-state index < -0.39 is 0 Å². The Balaban J connectivity index is 3.15. The minimum absolute atomic E-state index is 0.539. The number of benzene rings is 1. The van der Waals surface area contributed by atoms with Crippen molar-refractivity contribution in [2.75, 3.05) is 5.73 Å². The van der Waals surface area contributed by atoms with Gasteiger partial charge in [-0.3, -0.25) is 0 Å². The van der Waals surface area contributed by atoms with Crippen LogP contribution >= 0.6 is 15.9 Å². The lowest BCUT2D eigenvalue weighted by atomic mass is 10.1. The SMILES string of the molecule is N#Cc1cc(CBr)ccc1N. The van der Waals surface area contributed by atoms with E-state index in [9.17, 15) is 0 Å². The lowest BCUT2D eigenvalue weighted by molar-refractivity contribution is 1.40. The van der Waals surface area contributed by atoms with E-state index in [0.717, 1.165) is 10.9 Å². The maximum atomic E-state index is 8.59. The molecule has 0 aromatic heterocycles. The van der Waals surface area contributed by atoms with Crippen molar-refractivity contribution >= 4 is 21.6 Å². The Morgan fingerprint density at radius 2 is 2.27 bits per heavy atom. The summed E-state index contributed by atoms with van der Waals surface area (Å²) in [6.45, 7) is 0. The van der Waals surface area contributed by atoms with Crippen LogP contribution in [0.1, 0.15) is 11.1 Å². The molecule has 2 nitrogen and oxygen atoms in total. The number of anilines is 1. The number of hydrogen-bond donors (Lipinski definition) is 1. The number of nitrogens with two attached hydrogens (primary N) is 1. The molecule has 0 saturated carbocycles. The molecule has 1 aromatic carbocycles. The van der Waals surface area contributed by atoms with E-state index in [1.54, 1.807) is 12.1 Å². The molecule has 0 spiro atoms. The summed E-state index contributed by atoms with van der Waals surface area (Å²) < 4.78 is 0. The summed E-state index contributed by atoms with van der Waals surface area (Å²) in [7, 11) is 0. The van der Waals surface area contributed by atoms with Gasteiger partial charge in [0, 0.05) is 11.0 Å². The fraction of sp³-hybridized carbons (Fsp3) is 0.125. The zero-order valence-corrected chi connectivity index (χ0v) is 7.43. The van der Waals surface area contributed by atoms with Gasteiger partial charge < -0.3 is 5.73 Å². The third-order valence-corrected chi connectivity index (χ3v) is 2.04. The van der Waals surface area contributed by atoms with Crippen molar-refractivity contribution in [3.63, 3.8) is 0 Å². The van der Waals surface area contributed by atoms with Crippen molar-refractivity contribution in [3.8, 4) is 6.07 Å². The predicted molar refractivity (Wildman–Crippen MR) is 48.2 cm³/mol. The van der Waals surface area contributed by atoms with Crippen molar-refractivity contribution in [3.05, 3.63) is 29.3 Å². The molecule has 0 aliphatic heterocycles. The van der Waals surface area contributed by atoms with Gasteiger partial charge in [-0.15, -0.1) is 0 Å². The molecular weight excluding hydrogens is 204 g/mol. The molecule has 1 aromatic rings. The third kappa shape index (κ3) is 1.72. The average Bonchev–Trinajstić information content (AvgIpc) is 2.05. The van der Waals surface area contributed by atoms with Crippen LogP contribution in [0, 0.1) is 11.3 Å². The second-order valence-electron chi connectivity index (χ2n) is 2.17. The number of rotatable bonds is 1. The first kappa shape index (κ1) is 8.09. The summed E-state index contributed by atoms with van der Waals surface area (Å²) in [4.78, 5) is 0. The third-order valence-electron chi connectivity index (χ3n) is 1.39. The van der Waals surface area contributed by atoms with Gasteiger partial charge in [0.2, 0.25) is 0 Å². The smallest absolute Gasteiger partial charge is 0.101 e. The van der Waals surface area contributed by atoms with Crippen molar-refractivity contribution in [2.24, 2.45) is 0 Å². The topological polar surface area (TPSA) is 49.8 Å². The molecular formula is C8H7BrN2. The molecule has 0 saturated heterocycles. The van der Waals surface area contributed by atoms with Gasteiger partial charge in [0.05, 0.1) is 5.56 Å². The van der Waals surface area contributed by atoms with E-state index in [1.165, 1.54) is 0 Å². The van der Waals surface area contributed by atoms with Crippen LogP contribution in [-0.4, -0.2) is 0 Å². The molecule has 0 fully saturated rings. The van der Waals surface area contributed by atoms with Crippen LogP contribution in [-0.2, 0) is 5.33 Å². The van der Waals surface area contributed by atoms with E-state index in [1.807, 2.05) is 12.1 Å². The first-order valence-corrected chi connectivity index (χ1v) is 4.24. The van der Waals surface area contributed by atoms with Crippen LogP contribution in [0.3, 0.4) is 0 Å². The zero-order chi connectivity index (χ0) is 8.27. The van der Waals surface area contributed by atoms with Gasteiger partial charge in [0.1, 0.15) is 6.07 Å². The Morgan fingerprint density at radius 1 is 1.55 bits per heavy atom. The number of alkyl halides is 1. The standard InChI is InChI=1S/C8H7BrN2/c9-4-6-1-2-8(11)7(3-6)5-10/h1-3H,4,11H2. The molecule has 0 amide bonds. The van der Waals surface area contributed by atoms with Crippen molar-refractivity contribution in [2.45, 2.75) is 5.33 Å². The molecule has 1 rings (SSSR count). The number of nitriles is 1. The van der Waals surface area contributed by atoms with E-state index in [0.29, 0.717) is 11.3 Å². The van der Waals surface area contributed by atoms with Gasteiger partial charge in [-0.05, 0) is 17.7 Å². The van der Waals surface area contributed by atoms with Crippen LogP contribution in [0.4, 0.5) is 5.69 Å². The van der Waals surface area contributed by atoms with Crippen molar-refractivity contribution in [1.82, 2.24) is 0 Å². The lowest BCUT2D eigenvalue weighted by Gasteiger charge is -1.98. The Bertz CT molecular complexity index is 301. The molecule has 0 heterocycles. The summed E-state index contributed by atoms with van der Waals surface area (Å²) in [5, 5.41) is 9.35. The Hall–Kier alpha value is -1.01. The molecule has 3 heteroatoms. The normalized spacial score (nSPS) is 9.09. The monoisotopic (exact) mass is 210 g/mol. The molecule has 2 N–H and O–H groups in total. The molecule has 0 atom stereocenters. The number of halogens is 1. The van der Waals surface area contributed by atoms with Gasteiger partial charge in [0.15, 0.2) is 0 Å². The molecule has 0 unspecified atom stereocenters. The van der Waals surface area contributed by atoms with E-state index in [-0.39, 0.29) is 0 Å². The summed E-state index contributed by atoms with van der Waals surface area (Å²) in [5.41, 5.74) is 7.66. The van der Waals surface area contributed by atoms with Gasteiger partial charge >= 0.3 is 0 Å². The van der Waals surface area contributed by atoms with Crippen LogP contribution < -0.4 is 5.73 Å². The molecule has 11 heavy (non-hydrogen) atoms. The maximum absolute atomic E-state index is 8.59. The van der Waals surface area contributed by atoms with Crippen LogP contribution in [0.25, 0.3) is 0 Å². The van der Waals surface area contributed by atoms with Gasteiger partial charge in [-0.1, -0.05) is 22.0 Å². The summed E-state index contributed by atoms with van der Waals surface area (Å²) >= 11 is 3.30. The summed E-state index contributed by atoms with van der Waals surface area (Å²) in [6, 6.07) is 7.44. The summed E-state index contributed by atoms with van der Waals surface area (Å²) in [5.74, 6) is 0. The number of nitrogens with zero attached hydrogens (tertiary/aromatic N) is 1. The Morgan fingerprint density at radius 3 is 2.82 bits per heavy atom. The van der Waals surface area contributed by atoms with Crippen molar-refractivity contribution < 1.29 is 0 Å². The molecule has 0 radical (unpaired) electrons. The highest BCUT2D eigenvalue weighted by atomic mass is 79.9. The molecule has 0 aliphatic carbocycles. The maximum Gasteiger partial charge on any atom is 0.101 e. The minimum atomic E-state index is 0.539. The van der Waals surface area contributed by atoms with Crippen LogP contribution in [0.15, 0.2) is 18.2 Å². The quantitative estimate of drug-likeness (QED) is 0.570. The largest absolute Gasteiger partial charge is 0.398 e. The predicted octanol–water partition coefficient (Wildman–Crippen LogP) is 2.04. The van der Waals surface area contributed by atoms with Gasteiger partial charge in [-0.25, -0.2) is 0 Å². The van der Waals surface area contributed by atoms with E-state index >= 15 is 0 Å². The van der Waals surface area contributed by atoms with Gasteiger partial charge in [-0.2, -0.15) is 5.26 Å². The first-order chi connectivity index (χ1) is 5.27. The van der Waals surface area contributed by atoms with E-state index in [2.05, 4.69) is 15.9 Å². The molecule has 0 aliphatic rings. The zero-order valence-electron chi connectivity index (χ0n) is 5.84. The molecule has 56 valence electrons. The highest BCUT2D eigenvalue weighted by molar-refractivity contribution is 9.08. The summed E-state index contributed by atoms with van der Waals surface area (Å²) in [6.07, 6.45) is 0.